The molecule has 0 spiro atoms. The van der Waals surface area contributed by atoms with Gasteiger partial charge in [-0.1, -0.05) is 6.42 Å². The monoisotopic (exact) mass is 313 g/mol. The minimum Gasteiger partial charge on any atom is -0.481 e. The number of nitrogens with zero attached hydrogens (tertiary/aromatic N) is 1. The Morgan fingerprint density at radius 2 is 2.10 bits per heavy atom. The van der Waals surface area contributed by atoms with Gasteiger partial charge in [-0.05, 0) is 37.8 Å². The lowest BCUT2D eigenvalue weighted by Crippen LogP contribution is -2.43. The van der Waals surface area contributed by atoms with Crippen LogP contribution in [0.15, 0.2) is 22.8 Å². The predicted octanol–water partition coefficient (Wildman–Crippen LogP) is 1.83. The first-order chi connectivity index (χ1) is 10.00. The van der Waals surface area contributed by atoms with Gasteiger partial charge in [0.25, 0.3) is 0 Å². The van der Waals surface area contributed by atoms with Gasteiger partial charge in [-0.2, -0.15) is 4.31 Å². The Bertz CT molecular complexity index is 605. The molecule has 0 bridgehead atoms. The van der Waals surface area contributed by atoms with E-state index in [-0.39, 0.29) is 12.6 Å². The first-order valence-electron chi connectivity index (χ1n) is 7.26. The fraction of sp³-hybridized carbons (Fsp3) is 0.643. The molecular weight excluding hydrogens is 294 g/mol. The van der Waals surface area contributed by atoms with Crippen LogP contribution in [0.1, 0.15) is 37.9 Å². The van der Waals surface area contributed by atoms with Crippen molar-refractivity contribution in [3.8, 4) is 0 Å². The Hall–Kier alpha value is -1.34. The standard InChI is InChI=1S/C14H19NO5S/c16-14(17)12-4-1-5-13(12)21(18,19)15(10-6-7-10)9-11-3-2-8-20-11/h2-3,8,10,12-13H,1,4-7,9H2,(H,16,17). The van der Waals surface area contributed by atoms with Gasteiger partial charge in [0.15, 0.2) is 0 Å². The van der Waals surface area contributed by atoms with Crippen LogP contribution in [0.3, 0.4) is 0 Å². The van der Waals surface area contributed by atoms with E-state index in [9.17, 15) is 18.3 Å². The summed E-state index contributed by atoms with van der Waals surface area (Å²) in [6.07, 6.45) is 4.72. The van der Waals surface area contributed by atoms with Crippen LogP contribution in [-0.2, 0) is 21.4 Å². The normalized spacial score (nSPS) is 26.3. The maximum Gasteiger partial charge on any atom is 0.307 e. The third kappa shape index (κ3) is 2.85. The topological polar surface area (TPSA) is 87.8 Å². The summed E-state index contributed by atoms with van der Waals surface area (Å²) in [5.41, 5.74) is 0. The van der Waals surface area contributed by atoms with Crippen molar-refractivity contribution in [2.24, 2.45) is 5.92 Å². The molecule has 0 aromatic carbocycles. The van der Waals surface area contributed by atoms with E-state index < -0.39 is 27.2 Å². The van der Waals surface area contributed by atoms with Crippen molar-refractivity contribution in [3.05, 3.63) is 24.2 Å². The number of carboxylic acids is 1. The van der Waals surface area contributed by atoms with Gasteiger partial charge in [-0.3, -0.25) is 4.79 Å². The van der Waals surface area contributed by atoms with Crippen LogP contribution in [0.25, 0.3) is 0 Å². The average molecular weight is 313 g/mol. The van der Waals surface area contributed by atoms with Crippen LogP contribution in [-0.4, -0.2) is 35.1 Å². The molecule has 1 N–H and O–H groups in total. The van der Waals surface area contributed by atoms with Gasteiger partial charge < -0.3 is 9.52 Å². The number of carbonyl (C=O) groups is 1. The van der Waals surface area contributed by atoms with Crippen molar-refractivity contribution in [2.75, 3.05) is 0 Å². The SMILES string of the molecule is O=C(O)C1CCCC1S(=O)(=O)N(Cc1ccco1)C1CC1. The highest BCUT2D eigenvalue weighted by atomic mass is 32.2. The van der Waals surface area contributed by atoms with E-state index in [4.69, 9.17) is 4.42 Å². The maximum atomic E-state index is 12.9. The number of rotatable bonds is 6. The lowest BCUT2D eigenvalue weighted by molar-refractivity contribution is -0.141. The minimum absolute atomic E-state index is 0.00450. The molecular formula is C14H19NO5S. The number of hydrogen-bond acceptors (Lipinski definition) is 4. The summed E-state index contributed by atoms with van der Waals surface area (Å²) in [6.45, 7) is 0.197. The molecule has 2 aliphatic carbocycles. The molecule has 2 unspecified atom stereocenters. The van der Waals surface area contributed by atoms with E-state index in [0.717, 1.165) is 12.8 Å². The van der Waals surface area contributed by atoms with E-state index in [2.05, 4.69) is 0 Å². The van der Waals surface area contributed by atoms with Crippen molar-refractivity contribution in [2.45, 2.75) is 49.9 Å². The van der Waals surface area contributed by atoms with E-state index in [0.29, 0.717) is 25.0 Å². The summed E-state index contributed by atoms with van der Waals surface area (Å²) in [4.78, 5) is 11.3. The van der Waals surface area contributed by atoms with Crippen molar-refractivity contribution in [1.82, 2.24) is 4.31 Å². The minimum atomic E-state index is -3.62. The average Bonchev–Trinajstić information content (AvgIpc) is 2.95. The van der Waals surface area contributed by atoms with Gasteiger partial charge in [0, 0.05) is 6.04 Å². The molecule has 0 amide bonds. The Labute approximate surface area is 123 Å². The van der Waals surface area contributed by atoms with E-state index in [1.54, 1.807) is 12.1 Å². The highest BCUT2D eigenvalue weighted by Gasteiger charge is 2.48. The van der Waals surface area contributed by atoms with Crippen LogP contribution in [0.4, 0.5) is 0 Å². The summed E-state index contributed by atoms with van der Waals surface area (Å²) in [7, 11) is -3.62. The third-order valence-corrected chi connectivity index (χ3v) is 6.74. The number of carboxylic acid groups (broad SMARTS) is 1. The zero-order chi connectivity index (χ0) is 15.0. The molecule has 2 atom stereocenters. The molecule has 1 aromatic heterocycles. The molecule has 0 aliphatic heterocycles. The van der Waals surface area contributed by atoms with Crippen LogP contribution >= 0.6 is 0 Å². The van der Waals surface area contributed by atoms with E-state index in [1.807, 2.05) is 0 Å². The number of hydrogen-bond donors (Lipinski definition) is 1. The van der Waals surface area contributed by atoms with Gasteiger partial charge in [0.2, 0.25) is 10.0 Å². The zero-order valence-corrected chi connectivity index (χ0v) is 12.5. The Morgan fingerprint density at radius 3 is 2.67 bits per heavy atom. The summed E-state index contributed by atoms with van der Waals surface area (Å²) in [6, 6.07) is 3.46. The quantitative estimate of drug-likeness (QED) is 0.865. The van der Waals surface area contributed by atoms with E-state index >= 15 is 0 Å². The highest BCUT2D eigenvalue weighted by molar-refractivity contribution is 7.89. The summed E-state index contributed by atoms with van der Waals surface area (Å²) < 4.78 is 32.5. The Kier molecular flexibility index (Phi) is 3.79. The van der Waals surface area contributed by atoms with Gasteiger partial charge in [0.1, 0.15) is 5.76 Å². The number of sulfonamides is 1. The van der Waals surface area contributed by atoms with Crippen LogP contribution in [0.5, 0.6) is 0 Å². The van der Waals surface area contributed by atoms with E-state index in [1.165, 1.54) is 10.6 Å². The number of furan rings is 1. The van der Waals surface area contributed by atoms with Crippen LogP contribution < -0.4 is 0 Å². The molecule has 2 saturated carbocycles. The fourth-order valence-corrected chi connectivity index (χ4v) is 5.50. The molecule has 0 radical (unpaired) electrons. The Balaban J connectivity index is 1.85. The summed E-state index contributed by atoms with van der Waals surface area (Å²) in [5, 5.41) is 8.44. The molecule has 1 aromatic rings. The van der Waals surface area contributed by atoms with Crippen LogP contribution in [0.2, 0.25) is 0 Å². The maximum absolute atomic E-state index is 12.9. The lowest BCUT2D eigenvalue weighted by atomic mass is 10.1. The third-order valence-electron chi connectivity index (χ3n) is 4.33. The van der Waals surface area contributed by atoms with Gasteiger partial charge >= 0.3 is 5.97 Å². The van der Waals surface area contributed by atoms with Crippen molar-refractivity contribution in [3.63, 3.8) is 0 Å². The largest absolute Gasteiger partial charge is 0.481 e. The molecule has 21 heavy (non-hydrogen) atoms. The van der Waals surface area contributed by atoms with Crippen molar-refractivity contribution >= 4 is 16.0 Å². The molecule has 116 valence electrons. The smallest absolute Gasteiger partial charge is 0.307 e. The second-order valence-electron chi connectivity index (χ2n) is 5.81. The fourth-order valence-electron chi connectivity index (χ4n) is 3.08. The van der Waals surface area contributed by atoms with Crippen molar-refractivity contribution in [1.29, 1.82) is 0 Å². The molecule has 0 saturated heterocycles. The van der Waals surface area contributed by atoms with Crippen molar-refractivity contribution < 1.29 is 22.7 Å². The van der Waals surface area contributed by atoms with Gasteiger partial charge in [-0.15, -0.1) is 0 Å². The zero-order valence-electron chi connectivity index (χ0n) is 11.6. The summed E-state index contributed by atoms with van der Waals surface area (Å²) >= 11 is 0. The van der Waals surface area contributed by atoms with Gasteiger partial charge in [-0.25, -0.2) is 8.42 Å². The van der Waals surface area contributed by atoms with Crippen LogP contribution in [0, 0.1) is 5.92 Å². The molecule has 2 aliphatic rings. The molecule has 1 heterocycles. The number of aliphatic carboxylic acids is 1. The lowest BCUT2D eigenvalue weighted by Gasteiger charge is -2.26. The Morgan fingerprint density at radius 1 is 1.33 bits per heavy atom. The second-order valence-corrected chi connectivity index (χ2v) is 7.92. The summed E-state index contributed by atoms with van der Waals surface area (Å²) in [5.74, 6) is -1.20. The first-order valence-corrected chi connectivity index (χ1v) is 8.76. The first kappa shape index (κ1) is 14.6. The molecule has 6 nitrogen and oxygen atoms in total. The second kappa shape index (κ2) is 5.46. The molecule has 3 rings (SSSR count). The molecule has 7 heteroatoms. The predicted molar refractivity (Wildman–Crippen MR) is 75.0 cm³/mol. The molecule has 2 fully saturated rings. The highest BCUT2D eigenvalue weighted by Crippen LogP contribution is 2.38. The van der Waals surface area contributed by atoms with Gasteiger partial charge in [0.05, 0.1) is 24.0 Å².